The molecule has 0 aliphatic rings. The highest BCUT2D eigenvalue weighted by molar-refractivity contribution is 5.94. The number of hydrogen-bond donors (Lipinski definition) is 1. The first-order chi connectivity index (χ1) is 13.9. The van der Waals surface area contributed by atoms with Crippen molar-refractivity contribution in [2.45, 2.75) is 38.9 Å². The number of ether oxygens (including phenoxy) is 1. The van der Waals surface area contributed by atoms with Gasteiger partial charge in [-0.1, -0.05) is 13.0 Å². The van der Waals surface area contributed by atoms with Gasteiger partial charge in [-0.25, -0.2) is 4.39 Å². The molecule has 0 fully saturated rings. The topological polar surface area (TPSA) is 48.1 Å². The molecule has 3 aromatic rings. The molecule has 1 heterocycles. The van der Waals surface area contributed by atoms with Crippen molar-refractivity contribution >= 4 is 10.9 Å². The number of pyridine rings is 1. The van der Waals surface area contributed by atoms with Crippen LogP contribution in [0.25, 0.3) is 22.0 Å². The Labute approximate surface area is 172 Å². The molecule has 0 saturated heterocycles. The lowest BCUT2D eigenvalue weighted by molar-refractivity contribution is -0.139. The van der Waals surface area contributed by atoms with E-state index in [-0.39, 0.29) is 18.3 Å². The fourth-order valence-electron chi connectivity index (χ4n) is 3.60. The summed E-state index contributed by atoms with van der Waals surface area (Å²) in [6.45, 7) is 5.73. The second kappa shape index (κ2) is 8.22. The molecule has 0 saturated carbocycles. The molecule has 2 N–H and O–H groups in total. The van der Waals surface area contributed by atoms with Gasteiger partial charge in [-0.2, -0.15) is 13.2 Å². The van der Waals surface area contributed by atoms with Crippen LogP contribution in [0.1, 0.15) is 32.8 Å². The van der Waals surface area contributed by atoms with Crippen molar-refractivity contribution in [3.05, 3.63) is 60.0 Å². The van der Waals surface area contributed by atoms with Gasteiger partial charge in [0.15, 0.2) is 0 Å². The fourth-order valence-corrected chi connectivity index (χ4v) is 3.60. The van der Waals surface area contributed by atoms with Crippen molar-refractivity contribution in [1.29, 1.82) is 0 Å². The summed E-state index contributed by atoms with van der Waals surface area (Å²) < 4.78 is 60.5. The lowest BCUT2D eigenvalue weighted by Gasteiger charge is -2.24. The third-order valence-electron chi connectivity index (χ3n) is 4.70. The van der Waals surface area contributed by atoms with Crippen LogP contribution in [0, 0.1) is 11.7 Å². The Morgan fingerprint density at radius 2 is 1.80 bits per heavy atom. The van der Waals surface area contributed by atoms with Crippen LogP contribution in [-0.2, 0) is 6.18 Å². The summed E-state index contributed by atoms with van der Waals surface area (Å²) in [5.74, 6) is -0.736. The van der Waals surface area contributed by atoms with Crippen molar-refractivity contribution < 1.29 is 22.3 Å². The number of fused-ring (bicyclic) bond motifs is 1. The number of aromatic nitrogens is 1. The first-order valence-corrected chi connectivity index (χ1v) is 9.61. The monoisotopic (exact) mass is 420 g/mol. The lowest BCUT2D eigenvalue weighted by atomic mass is 9.93. The first-order valence-electron chi connectivity index (χ1n) is 9.61. The van der Waals surface area contributed by atoms with Gasteiger partial charge in [-0.05, 0) is 73.7 Å². The maximum absolute atomic E-state index is 13.7. The molecule has 2 aromatic carbocycles. The predicted molar refractivity (Wildman–Crippen MR) is 110 cm³/mol. The van der Waals surface area contributed by atoms with E-state index < -0.39 is 23.1 Å². The minimum Gasteiger partial charge on any atom is -0.493 e. The average molecular weight is 420 g/mol. The van der Waals surface area contributed by atoms with Crippen molar-refractivity contribution in [3.63, 3.8) is 0 Å². The van der Waals surface area contributed by atoms with E-state index in [0.29, 0.717) is 28.5 Å². The van der Waals surface area contributed by atoms with E-state index in [2.05, 4.69) is 4.98 Å². The smallest absolute Gasteiger partial charge is 0.419 e. The van der Waals surface area contributed by atoms with E-state index in [4.69, 9.17) is 10.5 Å². The molecular weight excluding hydrogens is 396 g/mol. The van der Waals surface area contributed by atoms with E-state index in [1.54, 1.807) is 12.1 Å². The lowest BCUT2D eigenvalue weighted by Crippen LogP contribution is -2.35. The van der Waals surface area contributed by atoms with Gasteiger partial charge in [0.1, 0.15) is 11.6 Å². The molecule has 3 nitrogen and oxygen atoms in total. The van der Waals surface area contributed by atoms with Gasteiger partial charge < -0.3 is 10.5 Å². The minimum absolute atomic E-state index is 0.0159. The van der Waals surface area contributed by atoms with E-state index in [9.17, 15) is 17.6 Å². The van der Waals surface area contributed by atoms with Gasteiger partial charge in [0, 0.05) is 17.1 Å². The Morgan fingerprint density at radius 1 is 1.07 bits per heavy atom. The second-order valence-corrected chi connectivity index (χ2v) is 8.34. The van der Waals surface area contributed by atoms with Crippen LogP contribution >= 0.6 is 0 Å². The fraction of sp³-hybridized carbons (Fsp3) is 0.348. The summed E-state index contributed by atoms with van der Waals surface area (Å²) in [5, 5.41) is 0.443. The molecule has 1 aromatic heterocycles. The highest BCUT2D eigenvalue weighted by Gasteiger charge is 2.35. The maximum atomic E-state index is 13.7. The van der Waals surface area contributed by atoms with Crippen molar-refractivity contribution in [2.75, 3.05) is 6.61 Å². The standard InChI is InChI=1S/C23H24F4N2O/c1-14(12-22(2,3)28)13-30-21-7-4-15(10-19(21)23(25,26)27)17-8-9-29-20-6-5-16(24)11-18(17)20/h4-11,14H,12-13,28H2,1-3H3/t14-/m0/s1. The Bertz CT molecular complexity index is 1040. The van der Waals surface area contributed by atoms with Gasteiger partial charge in [-0.15, -0.1) is 0 Å². The summed E-state index contributed by atoms with van der Waals surface area (Å²) in [7, 11) is 0. The number of hydrogen-bond acceptors (Lipinski definition) is 3. The van der Waals surface area contributed by atoms with Gasteiger partial charge in [0.25, 0.3) is 0 Å². The highest BCUT2D eigenvalue weighted by Crippen LogP contribution is 2.40. The molecular formula is C23H24F4N2O. The average Bonchev–Trinajstić information content (AvgIpc) is 2.63. The largest absolute Gasteiger partial charge is 0.493 e. The number of halogens is 4. The molecule has 0 unspecified atom stereocenters. The highest BCUT2D eigenvalue weighted by atomic mass is 19.4. The summed E-state index contributed by atoms with van der Waals surface area (Å²) in [6, 6.07) is 9.49. The molecule has 7 heteroatoms. The van der Waals surface area contributed by atoms with Crippen LogP contribution in [0.2, 0.25) is 0 Å². The molecule has 0 aliphatic carbocycles. The zero-order valence-electron chi connectivity index (χ0n) is 17.1. The zero-order valence-corrected chi connectivity index (χ0v) is 17.1. The Balaban J connectivity index is 1.97. The quantitative estimate of drug-likeness (QED) is 0.483. The van der Waals surface area contributed by atoms with Gasteiger partial charge in [-0.3, -0.25) is 4.98 Å². The van der Waals surface area contributed by atoms with E-state index in [0.717, 1.165) is 6.07 Å². The Morgan fingerprint density at radius 3 is 2.47 bits per heavy atom. The molecule has 0 amide bonds. The SMILES string of the molecule is C[C@H](COc1ccc(-c2ccnc3ccc(F)cc23)cc1C(F)(F)F)CC(C)(C)N. The number of rotatable bonds is 6. The molecule has 0 aliphatic heterocycles. The maximum Gasteiger partial charge on any atom is 0.419 e. The summed E-state index contributed by atoms with van der Waals surface area (Å²) in [6.07, 6.45) is -2.50. The van der Waals surface area contributed by atoms with Crippen LogP contribution in [0.5, 0.6) is 5.75 Å². The third kappa shape index (κ3) is 5.27. The first kappa shape index (κ1) is 22.0. The van der Waals surface area contributed by atoms with E-state index in [1.807, 2.05) is 20.8 Å². The summed E-state index contributed by atoms with van der Waals surface area (Å²) in [5.41, 5.74) is 5.95. The van der Waals surface area contributed by atoms with Crippen LogP contribution in [0.4, 0.5) is 17.6 Å². The number of alkyl halides is 3. The Hall–Kier alpha value is -2.67. The number of nitrogens with zero attached hydrogens (tertiary/aromatic N) is 1. The summed E-state index contributed by atoms with van der Waals surface area (Å²) >= 11 is 0. The predicted octanol–water partition coefficient (Wildman–Crippen LogP) is 6.20. The summed E-state index contributed by atoms with van der Waals surface area (Å²) in [4.78, 5) is 4.15. The van der Waals surface area contributed by atoms with Gasteiger partial charge in [0.05, 0.1) is 17.7 Å². The number of nitrogens with two attached hydrogens (primary N) is 1. The van der Waals surface area contributed by atoms with E-state index in [1.165, 1.54) is 30.5 Å². The second-order valence-electron chi connectivity index (χ2n) is 8.34. The zero-order chi connectivity index (χ0) is 22.1. The molecule has 1 atom stereocenters. The number of benzene rings is 2. The molecule has 0 radical (unpaired) electrons. The van der Waals surface area contributed by atoms with Crippen LogP contribution in [-0.4, -0.2) is 17.1 Å². The van der Waals surface area contributed by atoms with Crippen molar-refractivity contribution in [1.82, 2.24) is 4.98 Å². The van der Waals surface area contributed by atoms with Gasteiger partial charge >= 0.3 is 6.18 Å². The van der Waals surface area contributed by atoms with E-state index >= 15 is 0 Å². The molecule has 3 rings (SSSR count). The van der Waals surface area contributed by atoms with Gasteiger partial charge in [0.2, 0.25) is 0 Å². The Kier molecular flexibility index (Phi) is 6.04. The van der Waals surface area contributed by atoms with Crippen molar-refractivity contribution in [2.24, 2.45) is 11.7 Å². The van der Waals surface area contributed by atoms with Crippen LogP contribution in [0.3, 0.4) is 0 Å². The van der Waals surface area contributed by atoms with Crippen LogP contribution in [0.15, 0.2) is 48.7 Å². The molecule has 30 heavy (non-hydrogen) atoms. The normalized spacial score (nSPS) is 13.5. The third-order valence-corrected chi connectivity index (χ3v) is 4.70. The molecule has 160 valence electrons. The van der Waals surface area contributed by atoms with Crippen LogP contribution < -0.4 is 10.5 Å². The van der Waals surface area contributed by atoms with Crippen molar-refractivity contribution in [3.8, 4) is 16.9 Å². The minimum atomic E-state index is -4.60. The molecule has 0 spiro atoms. The molecule has 0 bridgehead atoms.